The Balaban J connectivity index is 1.65. The number of fused-ring (bicyclic) bond motifs is 1. The van der Waals surface area contributed by atoms with Gasteiger partial charge in [0.05, 0.1) is 5.02 Å². The summed E-state index contributed by atoms with van der Waals surface area (Å²) in [5, 5.41) is 10.9. The average molecular weight is 510 g/mol. The third-order valence-electron chi connectivity index (χ3n) is 6.28. The van der Waals surface area contributed by atoms with E-state index in [1.165, 1.54) is 6.33 Å². The van der Waals surface area contributed by atoms with Gasteiger partial charge in [0.1, 0.15) is 17.7 Å². The van der Waals surface area contributed by atoms with Crippen molar-refractivity contribution < 1.29 is 4.79 Å². The van der Waals surface area contributed by atoms with Gasteiger partial charge < -0.3 is 16.0 Å². The van der Waals surface area contributed by atoms with Crippen molar-refractivity contribution in [2.45, 2.75) is 25.3 Å². The molecule has 1 aliphatic rings. The molecule has 0 spiro atoms. The fourth-order valence-electron chi connectivity index (χ4n) is 4.54. The van der Waals surface area contributed by atoms with Crippen LogP contribution in [-0.2, 0) is 4.79 Å². The first-order valence-corrected chi connectivity index (χ1v) is 12.3. The van der Waals surface area contributed by atoms with E-state index < -0.39 is 5.54 Å². The number of imidazole rings is 1. The number of carbonyl (C=O) groups is 1. The molecule has 0 atom stereocenters. The lowest BCUT2D eigenvalue weighted by Crippen LogP contribution is -2.59. The zero-order valence-corrected chi connectivity index (χ0v) is 20.7. The third-order valence-corrected chi connectivity index (χ3v) is 6.86. The number of rotatable bonds is 6. The normalized spacial score (nSPS) is 15.3. The Bertz CT molecular complexity index is 1360. The first-order valence-electron chi connectivity index (χ1n) is 11.5. The zero-order valence-electron chi connectivity index (χ0n) is 19.2. The molecular formula is C25H25Cl2N7O. The number of carbonyl (C=O) groups excluding carboxylic acids is 1. The fourth-order valence-corrected chi connectivity index (χ4v) is 4.89. The maximum atomic E-state index is 13.5. The molecule has 0 aliphatic carbocycles. The van der Waals surface area contributed by atoms with Crippen molar-refractivity contribution >= 4 is 46.1 Å². The lowest BCUT2D eigenvalue weighted by atomic mass is 9.87. The number of amides is 1. The number of halogens is 2. The van der Waals surface area contributed by atoms with E-state index in [4.69, 9.17) is 28.2 Å². The summed E-state index contributed by atoms with van der Waals surface area (Å²) >= 11 is 12.7. The summed E-state index contributed by atoms with van der Waals surface area (Å²) in [5.41, 5.74) is 1.91. The topological polar surface area (TPSA) is 96.8 Å². The lowest BCUT2D eigenvalue weighted by molar-refractivity contribution is -0.123. The summed E-state index contributed by atoms with van der Waals surface area (Å²) in [7, 11) is 0. The van der Waals surface area contributed by atoms with Crippen LogP contribution in [0.25, 0.3) is 28.2 Å². The minimum absolute atomic E-state index is 0.124. The Labute approximate surface area is 213 Å². The highest BCUT2D eigenvalue weighted by Crippen LogP contribution is 2.34. The quantitative estimate of drug-likeness (QED) is 0.355. The van der Waals surface area contributed by atoms with Crippen molar-refractivity contribution in [2.75, 3.05) is 25.0 Å². The minimum Gasteiger partial charge on any atom is -0.317 e. The van der Waals surface area contributed by atoms with E-state index in [0.29, 0.717) is 52.2 Å². The molecule has 3 N–H and O–H groups in total. The van der Waals surface area contributed by atoms with E-state index >= 15 is 0 Å². The van der Waals surface area contributed by atoms with Crippen LogP contribution in [0.5, 0.6) is 0 Å². The summed E-state index contributed by atoms with van der Waals surface area (Å²) in [6.07, 6.45) is 2.81. The molecule has 3 heterocycles. The largest absolute Gasteiger partial charge is 0.317 e. The van der Waals surface area contributed by atoms with Gasteiger partial charge in [-0.3, -0.25) is 9.36 Å². The number of piperidine rings is 1. The maximum absolute atomic E-state index is 13.5. The fraction of sp³-hybridized carbons (Fsp3) is 0.280. The van der Waals surface area contributed by atoms with Crippen LogP contribution >= 0.6 is 23.2 Å². The van der Waals surface area contributed by atoms with Gasteiger partial charge in [0.2, 0.25) is 5.91 Å². The van der Waals surface area contributed by atoms with Crippen LogP contribution in [0.3, 0.4) is 0 Å². The number of benzene rings is 2. The molecule has 0 saturated carbocycles. The molecule has 1 amide bonds. The van der Waals surface area contributed by atoms with E-state index in [9.17, 15) is 4.79 Å². The Kier molecular flexibility index (Phi) is 6.71. The van der Waals surface area contributed by atoms with Crippen molar-refractivity contribution in [1.82, 2.24) is 30.2 Å². The Morgan fingerprint density at radius 2 is 1.83 bits per heavy atom. The highest BCUT2D eigenvalue weighted by atomic mass is 35.5. The molecule has 0 bridgehead atoms. The summed E-state index contributed by atoms with van der Waals surface area (Å²) in [5.74, 6) is 0.824. The summed E-state index contributed by atoms with van der Waals surface area (Å²) in [6, 6.07) is 14.9. The predicted molar refractivity (Wildman–Crippen MR) is 139 cm³/mol. The molecule has 1 aliphatic heterocycles. The summed E-state index contributed by atoms with van der Waals surface area (Å²) in [6.45, 7) is 4.22. The number of nitrogens with zero attached hydrogens (tertiary/aromatic N) is 4. The van der Waals surface area contributed by atoms with Gasteiger partial charge in [-0.1, -0.05) is 42.3 Å². The molecule has 2 aromatic heterocycles. The minimum atomic E-state index is -0.665. The molecule has 2 aromatic carbocycles. The van der Waals surface area contributed by atoms with Crippen molar-refractivity contribution in [3.63, 3.8) is 0 Å². The van der Waals surface area contributed by atoms with E-state index in [1.807, 2.05) is 47.9 Å². The lowest BCUT2D eigenvalue weighted by Gasteiger charge is -2.36. The van der Waals surface area contributed by atoms with E-state index in [2.05, 4.69) is 25.9 Å². The first-order chi connectivity index (χ1) is 17.0. The molecule has 4 aromatic rings. The van der Waals surface area contributed by atoms with Crippen LogP contribution in [-0.4, -0.2) is 50.6 Å². The van der Waals surface area contributed by atoms with Crippen LogP contribution in [0.15, 0.2) is 54.9 Å². The molecule has 1 saturated heterocycles. The first kappa shape index (κ1) is 23.7. The Hall–Kier alpha value is -3.04. The van der Waals surface area contributed by atoms with Crippen molar-refractivity contribution in [3.8, 4) is 17.1 Å². The van der Waals surface area contributed by atoms with Crippen molar-refractivity contribution in [1.29, 1.82) is 0 Å². The van der Waals surface area contributed by atoms with Gasteiger partial charge in [-0.25, -0.2) is 15.0 Å². The highest BCUT2D eigenvalue weighted by molar-refractivity contribution is 6.33. The number of hydrogen-bond donors (Lipinski definition) is 3. The second-order valence-electron chi connectivity index (χ2n) is 8.44. The highest BCUT2D eigenvalue weighted by Gasteiger charge is 2.39. The standard InChI is InChI=1S/C25H25Cl2N7O/c1-2-31-25(11-13-28-14-12-25)24(35)33-21-20-23(30-15-29-21)34(17-9-7-16(26)8-10-17)22(32-20)18-5-3-4-6-19(18)27/h3-10,15,28,31H,2,11-14H2,1H3,(H,29,30,33,35). The number of nitrogens with one attached hydrogen (secondary N) is 3. The van der Waals surface area contributed by atoms with Gasteiger partial charge >= 0.3 is 0 Å². The van der Waals surface area contributed by atoms with Crippen LogP contribution in [0, 0.1) is 0 Å². The Morgan fingerprint density at radius 1 is 1.09 bits per heavy atom. The Morgan fingerprint density at radius 3 is 2.54 bits per heavy atom. The second-order valence-corrected chi connectivity index (χ2v) is 9.28. The smallest absolute Gasteiger partial charge is 0.245 e. The van der Waals surface area contributed by atoms with Gasteiger partial charge in [0, 0.05) is 16.3 Å². The molecule has 0 unspecified atom stereocenters. The molecule has 180 valence electrons. The number of likely N-dealkylation sites (N-methyl/N-ethyl adjacent to an activating group) is 1. The second kappa shape index (κ2) is 9.91. The van der Waals surface area contributed by atoms with Gasteiger partial charge in [-0.05, 0) is 68.9 Å². The maximum Gasteiger partial charge on any atom is 0.245 e. The molecule has 8 nitrogen and oxygen atoms in total. The van der Waals surface area contributed by atoms with E-state index in [1.54, 1.807) is 12.1 Å². The number of aromatic nitrogens is 4. The van der Waals surface area contributed by atoms with Crippen LogP contribution < -0.4 is 16.0 Å². The molecule has 5 rings (SSSR count). The van der Waals surface area contributed by atoms with Crippen molar-refractivity contribution in [2.24, 2.45) is 0 Å². The molecule has 10 heteroatoms. The molecular weight excluding hydrogens is 485 g/mol. The third kappa shape index (κ3) is 4.50. The van der Waals surface area contributed by atoms with Gasteiger partial charge in [-0.15, -0.1) is 0 Å². The van der Waals surface area contributed by atoms with Gasteiger partial charge in [-0.2, -0.15) is 0 Å². The van der Waals surface area contributed by atoms with Gasteiger partial charge in [0.15, 0.2) is 17.0 Å². The van der Waals surface area contributed by atoms with Crippen LogP contribution in [0.4, 0.5) is 5.82 Å². The SMILES string of the molecule is CCNC1(C(=O)Nc2ncnc3c2nc(-c2ccccc2Cl)n3-c2ccc(Cl)cc2)CCNCC1. The average Bonchev–Trinajstić information content (AvgIpc) is 3.26. The summed E-state index contributed by atoms with van der Waals surface area (Å²) < 4.78 is 1.90. The molecule has 1 fully saturated rings. The van der Waals surface area contributed by atoms with Gasteiger partial charge in [0.25, 0.3) is 0 Å². The molecule has 0 radical (unpaired) electrons. The van der Waals surface area contributed by atoms with E-state index in [0.717, 1.165) is 24.3 Å². The van der Waals surface area contributed by atoms with E-state index in [-0.39, 0.29) is 5.91 Å². The predicted octanol–water partition coefficient (Wildman–Crippen LogP) is 4.46. The van der Waals surface area contributed by atoms with Crippen molar-refractivity contribution in [3.05, 3.63) is 64.9 Å². The number of anilines is 1. The van der Waals surface area contributed by atoms with Crippen LogP contribution in [0.1, 0.15) is 19.8 Å². The summed E-state index contributed by atoms with van der Waals surface area (Å²) in [4.78, 5) is 27.3. The van der Waals surface area contributed by atoms with Crippen LogP contribution in [0.2, 0.25) is 10.0 Å². The monoisotopic (exact) mass is 509 g/mol. The zero-order chi connectivity index (χ0) is 24.4. The number of hydrogen-bond acceptors (Lipinski definition) is 6. The molecule has 35 heavy (non-hydrogen) atoms.